The molecule has 4 N–H and O–H groups in total. The van der Waals surface area contributed by atoms with Gasteiger partial charge in [0.2, 0.25) is 0 Å². The van der Waals surface area contributed by atoms with Gasteiger partial charge in [-0.05, 0) is 56.6 Å². The van der Waals surface area contributed by atoms with E-state index in [1.54, 1.807) is 4.90 Å². The van der Waals surface area contributed by atoms with Crippen molar-refractivity contribution in [3.05, 3.63) is 35.9 Å². The number of nitrogens with two attached hydrogens (primary N) is 1. The molecule has 4 atom stereocenters. The van der Waals surface area contributed by atoms with Gasteiger partial charge in [-0.1, -0.05) is 36.8 Å². The molecule has 1 amide bonds. The van der Waals surface area contributed by atoms with Crippen molar-refractivity contribution in [1.29, 1.82) is 0 Å². The summed E-state index contributed by atoms with van der Waals surface area (Å²) in [5.74, 6) is 0.675. The molecule has 2 unspecified atom stereocenters. The number of hydrogen-bond donors (Lipinski definition) is 3. The molecule has 1 heterocycles. The maximum atomic E-state index is 11.6. The first-order valence-corrected chi connectivity index (χ1v) is 9.64. The van der Waals surface area contributed by atoms with Crippen LogP contribution in [0.2, 0.25) is 0 Å². The quantitative estimate of drug-likeness (QED) is 0.767. The molecule has 3 rings (SSSR count). The van der Waals surface area contributed by atoms with Crippen molar-refractivity contribution >= 4 is 6.09 Å². The molecule has 1 saturated heterocycles. The zero-order valence-corrected chi connectivity index (χ0v) is 14.9. The highest BCUT2D eigenvalue weighted by atomic mass is 16.4. The van der Waals surface area contributed by atoms with Gasteiger partial charge in [-0.25, -0.2) is 4.79 Å². The van der Waals surface area contributed by atoms with Crippen LogP contribution >= 0.6 is 0 Å². The molecule has 0 bridgehead atoms. The predicted octanol–water partition coefficient (Wildman–Crippen LogP) is 2.85. The molecular weight excluding hydrogens is 314 g/mol. The van der Waals surface area contributed by atoms with E-state index < -0.39 is 6.09 Å². The molecule has 0 aromatic heterocycles. The number of hydrogen-bond acceptors (Lipinski definition) is 3. The van der Waals surface area contributed by atoms with E-state index >= 15 is 0 Å². The minimum atomic E-state index is -0.794. The Kier molecular flexibility index (Phi) is 6.32. The fourth-order valence-corrected chi connectivity index (χ4v) is 4.42. The third-order valence-corrected chi connectivity index (χ3v) is 5.79. The minimum absolute atomic E-state index is 0.0553. The van der Waals surface area contributed by atoms with Crippen molar-refractivity contribution in [3.63, 3.8) is 0 Å². The van der Waals surface area contributed by atoms with Crippen LogP contribution in [0.25, 0.3) is 0 Å². The number of amides is 1. The fourth-order valence-electron chi connectivity index (χ4n) is 4.42. The third-order valence-electron chi connectivity index (χ3n) is 5.79. The van der Waals surface area contributed by atoms with Crippen LogP contribution in [0, 0.1) is 5.92 Å². The summed E-state index contributed by atoms with van der Waals surface area (Å²) in [7, 11) is 0. The van der Waals surface area contributed by atoms with Crippen molar-refractivity contribution in [1.82, 2.24) is 10.2 Å². The SMILES string of the molecule is N[C@@H]1CCC[C@H](CNC2CCN(C(=O)O)C(Cc3ccccc3)C2)C1. The second-order valence-electron chi connectivity index (χ2n) is 7.74. The standard InChI is InChI=1S/C20H31N3O2/c21-17-8-4-7-16(11-17)14-22-18-9-10-23(20(24)25)19(13-18)12-15-5-2-1-3-6-15/h1-3,5-6,16-19,22H,4,7-14,21H2,(H,24,25)/t16-,17+,18?,19?/m0/s1. The molecule has 1 aromatic carbocycles. The van der Waals surface area contributed by atoms with Crippen molar-refractivity contribution in [2.24, 2.45) is 11.7 Å². The Bertz CT molecular complexity index is 551. The van der Waals surface area contributed by atoms with E-state index in [9.17, 15) is 9.90 Å². The topological polar surface area (TPSA) is 78.6 Å². The van der Waals surface area contributed by atoms with Crippen LogP contribution in [0.1, 0.15) is 44.1 Å². The summed E-state index contributed by atoms with van der Waals surface area (Å²) in [6.07, 6.45) is 6.57. The number of nitrogens with one attached hydrogen (secondary N) is 1. The molecule has 2 aliphatic rings. The minimum Gasteiger partial charge on any atom is -0.465 e. The van der Waals surface area contributed by atoms with Gasteiger partial charge in [0.1, 0.15) is 0 Å². The summed E-state index contributed by atoms with van der Waals surface area (Å²) in [6, 6.07) is 11.0. The molecule has 5 heteroatoms. The van der Waals surface area contributed by atoms with Crippen LogP contribution in [0.15, 0.2) is 30.3 Å². The molecule has 1 aliphatic heterocycles. The Labute approximate surface area is 150 Å². The number of nitrogens with zero attached hydrogens (tertiary/aromatic N) is 1. The van der Waals surface area contributed by atoms with Gasteiger partial charge in [0.25, 0.3) is 0 Å². The van der Waals surface area contributed by atoms with Crippen molar-refractivity contribution in [2.45, 2.75) is 63.1 Å². The monoisotopic (exact) mass is 345 g/mol. The Morgan fingerprint density at radius 3 is 2.72 bits per heavy atom. The normalized spacial score (nSPS) is 30.2. The summed E-state index contributed by atoms with van der Waals surface area (Å²) in [5.41, 5.74) is 7.30. The molecule has 1 aromatic rings. The number of likely N-dealkylation sites (tertiary alicyclic amines) is 1. The van der Waals surface area contributed by atoms with E-state index in [-0.39, 0.29) is 6.04 Å². The Balaban J connectivity index is 1.55. The molecule has 1 saturated carbocycles. The van der Waals surface area contributed by atoms with Gasteiger partial charge in [-0.2, -0.15) is 0 Å². The average Bonchev–Trinajstić information content (AvgIpc) is 2.61. The molecule has 2 fully saturated rings. The lowest BCUT2D eigenvalue weighted by Gasteiger charge is -2.39. The van der Waals surface area contributed by atoms with Gasteiger partial charge in [-0.15, -0.1) is 0 Å². The van der Waals surface area contributed by atoms with E-state index in [0.717, 1.165) is 38.6 Å². The number of carbonyl (C=O) groups is 1. The fraction of sp³-hybridized carbons (Fsp3) is 0.650. The highest BCUT2D eigenvalue weighted by Crippen LogP contribution is 2.25. The van der Waals surface area contributed by atoms with Crippen LogP contribution in [0.4, 0.5) is 4.79 Å². The van der Waals surface area contributed by atoms with Crippen LogP contribution in [0.3, 0.4) is 0 Å². The smallest absolute Gasteiger partial charge is 0.407 e. The second kappa shape index (κ2) is 8.68. The zero-order chi connectivity index (χ0) is 17.6. The van der Waals surface area contributed by atoms with Crippen molar-refractivity contribution in [2.75, 3.05) is 13.1 Å². The first-order chi connectivity index (χ1) is 12.1. The molecular formula is C20H31N3O2. The van der Waals surface area contributed by atoms with Crippen LogP contribution in [-0.4, -0.2) is 47.3 Å². The number of piperidine rings is 1. The van der Waals surface area contributed by atoms with E-state index in [1.807, 2.05) is 18.2 Å². The summed E-state index contributed by atoms with van der Waals surface area (Å²) >= 11 is 0. The van der Waals surface area contributed by atoms with Gasteiger partial charge in [0, 0.05) is 24.7 Å². The Morgan fingerprint density at radius 1 is 1.20 bits per heavy atom. The van der Waals surface area contributed by atoms with Crippen molar-refractivity contribution < 1.29 is 9.90 Å². The maximum Gasteiger partial charge on any atom is 0.407 e. The summed E-state index contributed by atoms with van der Waals surface area (Å²) in [5, 5.41) is 13.2. The summed E-state index contributed by atoms with van der Waals surface area (Å²) < 4.78 is 0. The van der Waals surface area contributed by atoms with Crippen molar-refractivity contribution in [3.8, 4) is 0 Å². The molecule has 0 radical (unpaired) electrons. The van der Waals surface area contributed by atoms with Gasteiger partial charge in [0.05, 0.1) is 0 Å². The lowest BCUT2D eigenvalue weighted by molar-refractivity contribution is 0.0951. The third kappa shape index (κ3) is 5.19. The van der Waals surface area contributed by atoms with E-state index in [2.05, 4.69) is 17.4 Å². The first kappa shape index (κ1) is 18.2. The average molecular weight is 345 g/mol. The second-order valence-corrected chi connectivity index (χ2v) is 7.74. The highest BCUT2D eigenvalue weighted by Gasteiger charge is 2.32. The lowest BCUT2D eigenvalue weighted by Crippen LogP contribution is -2.52. The molecule has 5 nitrogen and oxygen atoms in total. The van der Waals surface area contributed by atoms with Gasteiger partial charge in [0.15, 0.2) is 0 Å². The maximum absolute atomic E-state index is 11.6. The summed E-state index contributed by atoms with van der Waals surface area (Å²) in [6.45, 7) is 1.64. The number of carboxylic acid groups (broad SMARTS) is 1. The zero-order valence-electron chi connectivity index (χ0n) is 14.9. The van der Waals surface area contributed by atoms with Gasteiger partial charge >= 0.3 is 6.09 Å². The van der Waals surface area contributed by atoms with Gasteiger partial charge in [-0.3, -0.25) is 0 Å². The molecule has 138 valence electrons. The van der Waals surface area contributed by atoms with E-state index in [1.165, 1.54) is 18.4 Å². The largest absolute Gasteiger partial charge is 0.465 e. The Morgan fingerprint density at radius 2 is 2.00 bits per heavy atom. The van der Waals surface area contributed by atoms with Crippen LogP contribution < -0.4 is 11.1 Å². The van der Waals surface area contributed by atoms with Crippen LogP contribution in [-0.2, 0) is 6.42 Å². The summed E-state index contributed by atoms with van der Waals surface area (Å²) in [4.78, 5) is 13.2. The molecule has 25 heavy (non-hydrogen) atoms. The van der Waals surface area contributed by atoms with E-state index in [4.69, 9.17) is 5.73 Å². The Hall–Kier alpha value is -1.59. The molecule has 0 spiro atoms. The predicted molar refractivity (Wildman–Crippen MR) is 99.6 cm³/mol. The first-order valence-electron chi connectivity index (χ1n) is 9.64. The van der Waals surface area contributed by atoms with Crippen LogP contribution in [0.5, 0.6) is 0 Å². The molecule has 1 aliphatic carbocycles. The van der Waals surface area contributed by atoms with Gasteiger partial charge < -0.3 is 21.1 Å². The van der Waals surface area contributed by atoms with E-state index in [0.29, 0.717) is 24.5 Å². The number of benzene rings is 1. The highest BCUT2D eigenvalue weighted by molar-refractivity contribution is 5.65. The number of rotatable bonds is 5. The lowest BCUT2D eigenvalue weighted by atomic mass is 9.85.